The van der Waals surface area contributed by atoms with Crippen LogP contribution in [-0.2, 0) is 0 Å². The van der Waals surface area contributed by atoms with E-state index in [4.69, 9.17) is 26.2 Å². The summed E-state index contributed by atoms with van der Waals surface area (Å²) >= 11 is 0. The van der Waals surface area contributed by atoms with E-state index >= 15 is 0 Å². The summed E-state index contributed by atoms with van der Waals surface area (Å²) in [5.41, 5.74) is 11.0. The lowest BCUT2D eigenvalue weighted by molar-refractivity contribution is 0.670. The van der Waals surface area contributed by atoms with Crippen molar-refractivity contribution >= 4 is 21.9 Å². The number of fused-ring (bicyclic) bond motifs is 3. The highest BCUT2D eigenvalue weighted by Gasteiger charge is 2.17. The summed E-state index contributed by atoms with van der Waals surface area (Å²) in [5.74, 6) is 1.74. The Morgan fingerprint density at radius 2 is 0.836 bits per heavy atom. The molecule has 0 amide bonds. The van der Waals surface area contributed by atoms with Crippen LogP contribution in [0.2, 0.25) is 0 Å². The lowest BCUT2D eigenvalue weighted by Gasteiger charge is -2.10. The van der Waals surface area contributed by atoms with Gasteiger partial charge in [0.1, 0.15) is 11.2 Å². The summed E-state index contributed by atoms with van der Waals surface area (Å²) in [7, 11) is 0. The van der Waals surface area contributed by atoms with Crippen LogP contribution >= 0.6 is 0 Å². The highest BCUT2D eigenvalue weighted by molar-refractivity contribution is 6.10. The van der Waals surface area contributed by atoms with Crippen molar-refractivity contribution in [2.75, 3.05) is 0 Å². The van der Waals surface area contributed by atoms with Crippen LogP contribution in [0, 0.1) is 0 Å². The molecule has 0 aliphatic heterocycles. The van der Waals surface area contributed by atoms with Gasteiger partial charge in [0.05, 0.1) is 6.85 Å². The molecule has 0 aliphatic carbocycles. The SMILES string of the molecule is [2H]c1c([2H])c([2H])c(-c2ccc(-c3ccc(-c4cccc5c4oc4ccc(-c6nc(-c7ccccc7)nc(-c7cccc(-c8ccccc8)c7)n6)cc45)cc3)cc2)c([2H])c1[2H]. The van der Waals surface area contributed by atoms with Gasteiger partial charge in [-0.25, -0.2) is 15.0 Å². The summed E-state index contributed by atoms with van der Waals surface area (Å²) < 4.78 is 47.3. The molecule has 0 saturated heterocycles. The number of benzene rings is 8. The van der Waals surface area contributed by atoms with Gasteiger partial charge in [0, 0.05) is 33.0 Å². The summed E-state index contributed by atoms with van der Waals surface area (Å²) in [4.78, 5) is 15.0. The van der Waals surface area contributed by atoms with Crippen molar-refractivity contribution in [3.63, 3.8) is 0 Å². The van der Waals surface area contributed by atoms with E-state index in [1.807, 2.05) is 103 Å². The topological polar surface area (TPSA) is 51.8 Å². The van der Waals surface area contributed by atoms with E-state index in [1.165, 1.54) is 0 Å². The first-order valence-electron chi connectivity index (χ1n) is 20.5. The van der Waals surface area contributed by atoms with Crippen LogP contribution in [0.5, 0.6) is 0 Å². The Morgan fingerprint density at radius 3 is 1.51 bits per heavy atom. The minimum Gasteiger partial charge on any atom is -0.455 e. The molecule has 55 heavy (non-hydrogen) atoms. The summed E-state index contributed by atoms with van der Waals surface area (Å²) in [6, 6.07) is 54.9. The molecule has 2 heterocycles. The molecule has 0 radical (unpaired) electrons. The predicted molar refractivity (Wildman–Crippen MR) is 225 cm³/mol. The molecule has 0 atom stereocenters. The van der Waals surface area contributed by atoms with Gasteiger partial charge in [0.15, 0.2) is 17.5 Å². The quantitative estimate of drug-likeness (QED) is 0.165. The van der Waals surface area contributed by atoms with Crippen molar-refractivity contribution < 1.29 is 11.3 Å². The third-order valence-corrected chi connectivity index (χ3v) is 9.85. The molecular weight excluding hydrogens is 671 g/mol. The zero-order valence-corrected chi connectivity index (χ0v) is 29.4. The molecule has 0 bridgehead atoms. The molecule has 4 heteroatoms. The molecule has 0 saturated carbocycles. The first-order chi connectivity index (χ1) is 29.3. The second-order valence-corrected chi connectivity index (χ2v) is 13.3. The van der Waals surface area contributed by atoms with Crippen molar-refractivity contribution in [1.29, 1.82) is 0 Å². The fraction of sp³-hybridized carbons (Fsp3) is 0. The lowest BCUT2D eigenvalue weighted by Crippen LogP contribution is -2.00. The van der Waals surface area contributed by atoms with Gasteiger partial charge in [-0.15, -0.1) is 0 Å². The number of nitrogens with zero attached hydrogens (tertiary/aromatic N) is 3. The second-order valence-electron chi connectivity index (χ2n) is 13.3. The number of furan rings is 1. The van der Waals surface area contributed by atoms with Gasteiger partial charge >= 0.3 is 0 Å². The van der Waals surface area contributed by atoms with Crippen molar-refractivity contribution in [3.05, 3.63) is 200 Å². The first-order valence-corrected chi connectivity index (χ1v) is 18.0. The molecule has 10 aromatic rings. The van der Waals surface area contributed by atoms with Crippen LogP contribution < -0.4 is 0 Å². The standard InChI is InChI=1S/C51H33N3O/c1-4-12-34(13-5-1)36-22-24-37(25-23-36)38-26-28-39(29-27-38)44-20-11-21-45-46-33-43(30-31-47(46)55-48(44)45)51-53-49(40-16-8-3-9-17-40)52-50(54-51)42-19-10-18-41(32-42)35-14-6-2-7-15-35/h1-33H/i1D,4D,5D,12D,13D. The molecule has 0 fully saturated rings. The molecule has 10 rings (SSSR count). The Balaban J connectivity index is 0.994. The smallest absolute Gasteiger partial charge is 0.164 e. The average Bonchev–Trinajstić information content (AvgIpc) is 3.69. The van der Waals surface area contributed by atoms with E-state index in [9.17, 15) is 0 Å². The molecule has 0 aliphatic rings. The molecule has 0 spiro atoms. The van der Waals surface area contributed by atoms with Gasteiger partial charge in [0.2, 0.25) is 0 Å². The van der Waals surface area contributed by atoms with Crippen LogP contribution in [-0.4, -0.2) is 15.0 Å². The average molecular weight is 709 g/mol. The fourth-order valence-corrected chi connectivity index (χ4v) is 7.05. The highest BCUT2D eigenvalue weighted by atomic mass is 16.3. The summed E-state index contributed by atoms with van der Waals surface area (Å²) in [5, 5.41) is 1.93. The van der Waals surface area contributed by atoms with E-state index in [2.05, 4.69) is 54.6 Å². The van der Waals surface area contributed by atoms with E-state index in [1.54, 1.807) is 12.1 Å². The number of para-hydroxylation sites is 1. The molecule has 8 aromatic carbocycles. The van der Waals surface area contributed by atoms with E-state index in [-0.39, 0.29) is 29.7 Å². The molecule has 258 valence electrons. The van der Waals surface area contributed by atoms with Gasteiger partial charge in [-0.05, 0) is 63.2 Å². The van der Waals surface area contributed by atoms with Crippen LogP contribution in [0.1, 0.15) is 6.85 Å². The Labute approximate surface area is 326 Å². The van der Waals surface area contributed by atoms with Crippen LogP contribution in [0.3, 0.4) is 0 Å². The maximum Gasteiger partial charge on any atom is 0.164 e. The van der Waals surface area contributed by atoms with Crippen LogP contribution in [0.15, 0.2) is 204 Å². The zero-order chi connectivity index (χ0) is 40.9. The number of aromatic nitrogens is 3. The first kappa shape index (κ1) is 27.2. The minimum atomic E-state index is -0.401. The van der Waals surface area contributed by atoms with E-state index in [0.717, 1.165) is 72.0 Å². The van der Waals surface area contributed by atoms with Crippen molar-refractivity contribution in [2.24, 2.45) is 0 Å². The molecule has 2 aromatic heterocycles. The van der Waals surface area contributed by atoms with Crippen LogP contribution in [0.25, 0.3) is 101 Å². The number of rotatable bonds is 7. The van der Waals surface area contributed by atoms with Gasteiger partial charge in [-0.1, -0.05) is 176 Å². The summed E-state index contributed by atoms with van der Waals surface area (Å²) in [6.07, 6.45) is 0. The second kappa shape index (κ2) is 13.8. The molecule has 0 N–H and O–H groups in total. The van der Waals surface area contributed by atoms with Crippen LogP contribution in [0.4, 0.5) is 0 Å². The Kier molecular flexibility index (Phi) is 6.85. The maximum absolute atomic E-state index is 8.35. The molecule has 4 nitrogen and oxygen atoms in total. The summed E-state index contributed by atoms with van der Waals surface area (Å²) in [6.45, 7) is 0. The third kappa shape index (κ3) is 6.26. The number of hydrogen-bond donors (Lipinski definition) is 0. The predicted octanol–water partition coefficient (Wildman–Crippen LogP) is 13.4. The zero-order valence-electron chi connectivity index (χ0n) is 34.4. The Hall–Kier alpha value is -7.43. The third-order valence-electron chi connectivity index (χ3n) is 9.85. The lowest BCUT2D eigenvalue weighted by atomic mass is 9.97. The van der Waals surface area contributed by atoms with Crippen molar-refractivity contribution in [3.8, 4) is 78.7 Å². The van der Waals surface area contributed by atoms with Crippen molar-refractivity contribution in [2.45, 2.75) is 0 Å². The van der Waals surface area contributed by atoms with Gasteiger partial charge in [-0.3, -0.25) is 0 Å². The van der Waals surface area contributed by atoms with Gasteiger partial charge in [-0.2, -0.15) is 0 Å². The highest BCUT2D eigenvalue weighted by Crippen LogP contribution is 2.38. The Morgan fingerprint density at radius 1 is 0.345 bits per heavy atom. The minimum absolute atomic E-state index is 0.189. The number of hydrogen-bond acceptors (Lipinski definition) is 4. The normalized spacial score (nSPS) is 12.5. The largest absolute Gasteiger partial charge is 0.455 e. The van der Waals surface area contributed by atoms with Crippen molar-refractivity contribution in [1.82, 2.24) is 15.0 Å². The molecule has 0 unspecified atom stereocenters. The Bertz CT molecular complexity index is 3210. The van der Waals surface area contributed by atoms with E-state index in [0.29, 0.717) is 23.0 Å². The maximum atomic E-state index is 8.35. The van der Waals surface area contributed by atoms with E-state index < -0.39 is 6.04 Å². The fourth-order valence-electron chi connectivity index (χ4n) is 7.05. The monoisotopic (exact) mass is 708 g/mol. The van der Waals surface area contributed by atoms with Gasteiger partial charge in [0.25, 0.3) is 0 Å². The molecular formula is C51H33N3O. The van der Waals surface area contributed by atoms with Gasteiger partial charge < -0.3 is 4.42 Å².